The number of ether oxygens (including phenoxy) is 2. The summed E-state index contributed by atoms with van der Waals surface area (Å²) < 4.78 is 15.0. The van der Waals surface area contributed by atoms with E-state index in [0.29, 0.717) is 19.0 Å². The lowest BCUT2D eigenvalue weighted by Crippen LogP contribution is -2.08. The Morgan fingerprint density at radius 3 is 2.81 bits per heavy atom. The maximum atomic E-state index is 11.1. The summed E-state index contributed by atoms with van der Waals surface area (Å²) in [5.74, 6) is 0.322. The molecule has 0 radical (unpaired) electrons. The molecule has 6 nitrogen and oxygen atoms in total. The Kier molecular flexibility index (Phi) is 4.91. The van der Waals surface area contributed by atoms with Crippen molar-refractivity contribution in [3.8, 4) is 0 Å². The van der Waals surface area contributed by atoms with Crippen LogP contribution in [0.15, 0.2) is 4.52 Å². The Bertz CT molecular complexity index is 337. The second-order valence-corrected chi connectivity index (χ2v) is 3.13. The molecule has 0 amide bonds. The van der Waals surface area contributed by atoms with Gasteiger partial charge in [-0.3, -0.25) is 4.79 Å². The molecule has 0 aromatic carbocycles. The first-order valence-corrected chi connectivity index (χ1v) is 5.27. The standard InChI is InChI=1S/C10H16N2O4/c1-4-14-7(3)10-11-8(16-12-10)6-9(13)15-5-2/h7H,4-6H2,1-3H3. The SMILES string of the molecule is CCOC(=O)Cc1nc(C(C)OCC)no1. The number of nitrogens with zero attached hydrogens (tertiary/aromatic N) is 2. The number of rotatable bonds is 6. The monoisotopic (exact) mass is 228 g/mol. The molecule has 0 aliphatic rings. The Hall–Kier alpha value is -1.43. The molecule has 16 heavy (non-hydrogen) atoms. The van der Waals surface area contributed by atoms with Crippen LogP contribution in [0.5, 0.6) is 0 Å². The van der Waals surface area contributed by atoms with Gasteiger partial charge in [-0.15, -0.1) is 0 Å². The summed E-state index contributed by atoms with van der Waals surface area (Å²) in [4.78, 5) is 15.2. The molecule has 1 aromatic rings. The van der Waals surface area contributed by atoms with Gasteiger partial charge in [-0.25, -0.2) is 0 Å². The lowest BCUT2D eigenvalue weighted by atomic mass is 10.4. The van der Waals surface area contributed by atoms with Crippen LogP contribution >= 0.6 is 0 Å². The van der Waals surface area contributed by atoms with Crippen molar-refractivity contribution < 1.29 is 18.8 Å². The fourth-order valence-electron chi connectivity index (χ4n) is 1.16. The highest BCUT2D eigenvalue weighted by molar-refractivity contribution is 5.71. The molecule has 0 bridgehead atoms. The van der Waals surface area contributed by atoms with Gasteiger partial charge in [0.1, 0.15) is 12.5 Å². The molecule has 0 spiro atoms. The zero-order valence-electron chi connectivity index (χ0n) is 9.73. The predicted molar refractivity (Wildman–Crippen MR) is 54.7 cm³/mol. The van der Waals surface area contributed by atoms with Gasteiger partial charge >= 0.3 is 5.97 Å². The summed E-state index contributed by atoms with van der Waals surface area (Å²) in [5.41, 5.74) is 0. The maximum Gasteiger partial charge on any atom is 0.315 e. The van der Waals surface area contributed by atoms with E-state index in [1.54, 1.807) is 6.92 Å². The Balaban J connectivity index is 2.54. The third-order valence-corrected chi connectivity index (χ3v) is 1.86. The summed E-state index contributed by atoms with van der Waals surface area (Å²) in [7, 11) is 0. The van der Waals surface area contributed by atoms with E-state index in [-0.39, 0.29) is 24.4 Å². The smallest absolute Gasteiger partial charge is 0.315 e. The van der Waals surface area contributed by atoms with Crippen LogP contribution in [-0.4, -0.2) is 29.3 Å². The molecule has 0 aliphatic carbocycles. The Morgan fingerprint density at radius 1 is 1.44 bits per heavy atom. The predicted octanol–water partition coefficient (Wildman–Crippen LogP) is 1.27. The van der Waals surface area contributed by atoms with Crippen molar-refractivity contribution in [2.45, 2.75) is 33.3 Å². The summed E-state index contributed by atoms with van der Waals surface area (Å²) in [5, 5.41) is 3.73. The zero-order valence-corrected chi connectivity index (χ0v) is 9.73. The quantitative estimate of drug-likeness (QED) is 0.682. The van der Waals surface area contributed by atoms with Crippen molar-refractivity contribution in [3.05, 3.63) is 11.7 Å². The number of carbonyl (C=O) groups is 1. The topological polar surface area (TPSA) is 74.5 Å². The van der Waals surface area contributed by atoms with E-state index < -0.39 is 0 Å². The molecule has 1 heterocycles. The van der Waals surface area contributed by atoms with Gasteiger partial charge in [0.25, 0.3) is 0 Å². The van der Waals surface area contributed by atoms with Crippen molar-refractivity contribution >= 4 is 5.97 Å². The number of esters is 1. The largest absolute Gasteiger partial charge is 0.466 e. The summed E-state index contributed by atoms with van der Waals surface area (Å²) in [6.07, 6.45) is -0.232. The lowest BCUT2D eigenvalue weighted by Gasteiger charge is -2.04. The average Bonchev–Trinajstić information content (AvgIpc) is 2.67. The third kappa shape index (κ3) is 3.62. The molecule has 0 fully saturated rings. The van der Waals surface area contributed by atoms with Crippen LogP contribution in [0.25, 0.3) is 0 Å². The number of aromatic nitrogens is 2. The van der Waals surface area contributed by atoms with E-state index in [2.05, 4.69) is 10.1 Å². The number of carbonyl (C=O) groups excluding carboxylic acids is 1. The van der Waals surface area contributed by atoms with Crippen molar-refractivity contribution in [2.75, 3.05) is 13.2 Å². The van der Waals surface area contributed by atoms with Crippen LogP contribution in [0.4, 0.5) is 0 Å². The van der Waals surface area contributed by atoms with E-state index in [0.717, 1.165) is 0 Å². The second kappa shape index (κ2) is 6.22. The molecule has 1 aromatic heterocycles. The van der Waals surface area contributed by atoms with Crippen LogP contribution in [0.1, 0.15) is 38.6 Å². The minimum absolute atomic E-state index is 0.000313. The van der Waals surface area contributed by atoms with Crippen molar-refractivity contribution in [2.24, 2.45) is 0 Å². The minimum Gasteiger partial charge on any atom is -0.466 e. The first-order chi connectivity index (χ1) is 7.67. The normalized spacial score (nSPS) is 12.4. The molecule has 1 rings (SSSR count). The van der Waals surface area contributed by atoms with Gasteiger partial charge in [-0.2, -0.15) is 4.98 Å². The fraction of sp³-hybridized carbons (Fsp3) is 0.700. The van der Waals surface area contributed by atoms with Crippen molar-refractivity contribution in [1.82, 2.24) is 10.1 Å². The van der Waals surface area contributed by atoms with Crippen molar-refractivity contribution in [1.29, 1.82) is 0 Å². The highest BCUT2D eigenvalue weighted by Gasteiger charge is 2.16. The molecule has 6 heteroatoms. The average molecular weight is 228 g/mol. The summed E-state index contributed by atoms with van der Waals surface area (Å²) >= 11 is 0. The third-order valence-electron chi connectivity index (χ3n) is 1.86. The van der Waals surface area contributed by atoms with Gasteiger partial charge in [0, 0.05) is 6.61 Å². The maximum absolute atomic E-state index is 11.1. The van der Waals surface area contributed by atoms with Gasteiger partial charge in [0.15, 0.2) is 5.82 Å². The fourth-order valence-corrected chi connectivity index (χ4v) is 1.16. The molecule has 90 valence electrons. The van der Waals surface area contributed by atoms with Crippen LogP contribution < -0.4 is 0 Å². The molecule has 0 saturated heterocycles. The van der Waals surface area contributed by atoms with E-state index in [9.17, 15) is 4.79 Å². The lowest BCUT2D eigenvalue weighted by molar-refractivity contribution is -0.142. The first-order valence-electron chi connectivity index (χ1n) is 5.27. The van der Waals surface area contributed by atoms with Crippen LogP contribution in [0.2, 0.25) is 0 Å². The molecule has 0 aliphatic heterocycles. The Morgan fingerprint density at radius 2 is 2.19 bits per heavy atom. The van der Waals surface area contributed by atoms with Crippen LogP contribution in [0.3, 0.4) is 0 Å². The minimum atomic E-state index is -0.373. The van der Waals surface area contributed by atoms with E-state index in [1.165, 1.54) is 0 Å². The molecular formula is C10H16N2O4. The molecule has 0 N–H and O–H groups in total. The molecule has 0 saturated carbocycles. The highest BCUT2D eigenvalue weighted by atomic mass is 16.5. The van der Waals surface area contributed by atoms with Gasteiger partial charge < -0.3 is 14.0 Å². The van der Waals surface area contributed by atoms with Crippen LogP contribution in [0, 0.1) is 0 Å². The van der Waals surface area contributed by atoms with Gasteiger partial charge in [-0.05, 0) is 20.8 Å². The van der Waals surface area contributed by atoms with E-state index >= 15 is 0 Å². The molecule has 1 unspecified atom stereocenters. The van der Waals surface area contributed by atoms with Gasteiger partial charge in [-0.1, -0.05) is 5.16 Å². The van der Waals surface area contributed by atoms with E-state index in [4.69, 9.17) is 14.0 Å². The zero-order chi connectivity index (χ0) is 12.0. The number of hydrogen-bond donors (Lipinski definition) is 0. The Labute approximate surface area is 93.9 Å². The van der Waals surface area contributed by atoms with Crippen LogP contribution in [-0.2, 0) is 20.7 Å². The first kappa shape index (κ1) is 12.6. The number of hydrogen-bond acceptors (Lipinski definition) is 6. The molecule has 1 atom stereocenters. The summed E-state index contributed by atoms with van der Waals surface area (Å²) in [6.45, 7) is 6.37. The van der Waals surface area contributed by atoms with Crippen molar-refractivity contribution in [3.63, 3.8) is 0 Å². The molecular weight excluding hydrogens is 212 g/mol. The van der Waals surface area contributed by atoms with E-state index in [1.807, 2.05) is 13.8 Å². The highest BCUT2D eigenvalue weighted by Crippen LogP contribution is 2.12. The summed E-state index contributed by atoms with van der Waals surface area (Å²) in [6, 6.07) is 0. The van der Waals surface area contributed by atoms with Gasteiger partial charge in [0.2, 0.25) is 5.89 Å². The van der Waals surface area contributed by atoms with Gasteiger partial charge in [0.05, 0.1) is 6.61 Å². The second-order valence-electron chi connectivity index (χ2n) is 3.13.